The summed E-state index contributed by atoms with van der Waals surface area (Å²) in [7, 11) is 0. The largest absolute Gasteiger partial charge is 0.489 e. The van der Waals surface area contributed by atoms with Gasteiger partial charge in [-0.1, -0.05) is 12.2 Å². The summed E-state index contributed by atoms with van der Waals surface area (Å²) < 4.78 is 32.2. The van der Waals surface area contributed by atoms with Crippen LogP contribution in [0, 0.1) is 18.6 Å². The lowest BCUT2D eigenvalue weighted by Gasteiger charge is -2.10. The van der Waals surface area contributed by atoms with E-state index in [1.807, 2.05) is 0 Å². The molecular weight excluding hydrogens is 280 g/mol. The lowest BCUT2D eigenvalue weighted by molar-refractivity contribution is 0.297. The Morgan fingerprint density at radius 3 is 2.60 bits per heavy atom. The number of hydrogen-bond donors (Lipinski definition) is 1. The van der Waals surface area contributed by atoms with E-state index in [4.69, 9.17) is 22.7 Å². The third kappa shape index (κ3) is 3.30. The Balaban J connectivity index is 2.18. The van der Waals surface area contributed by atoms with E-state index in [1.54, 1.807) is 13.0 Å². The highest BCUT2D eigenvalue weighted by Gasteiger charge is 2.08. The topological polar surface area (TPSA) is 35.2 Å². The zero-order valence-corrected chi connectivity index (χ0v) is 11.6. The summed E-state index contributed by atoms with van der Waals surface area (Å²) in [5.41, 5.74) is 7.08. The first kappa shape index (κ1) is 14.4. The van der Waals surface area contributed by atoms with Crippen molar-refractivity contribution < 1.29 is 13.5 Å². The maximum Gasteiger partial charge on any atom is 0.129 e. The van der Waals surface area contributed by atoms with Gasteiger partial charge in [-0.05, 0) is 48.9 Å². The number of aryl methyl sites for hydroxylation is 1. The maximum atomic E-state index is 13.7. The van der Waals surface area contributed by atoms with Crippen molar-refractivity contribution >= 4 is 17.2 Å². The Bertz CT molecular complexity index is 658. The van der Waals surface area contributed by atoms with Crippen LogP contribution in [0.2, 0.25) is 0 Å². The minimum Gasteiger partial charge on any atom is -0.489 e. The number of nitrogens with two attached hydrogens (primary N) is 1. The Morgan fingerprint density at radius 1 is 1.20 bits per heavy atom. The van der Waals surface area contributed by atoms with E-state index in [-0.39, 0.29) is 17.4 Å². The summed E-state index contributed by atoms with van der Waals surface area (Å²) >= 11 is 4.85. The van der Waals surface area contributed by atoms with Gasteiger partial charge in [0.25, 0.3) is 0 Å². The SMILES string of the molecule is Cc1cc(F)ccc1OCc1cc(C(N)=S)ccc1F. The Kier molecular flexibility index (Phi) is 4.29. The molecule has 0 heterocycles. The highest BCUT2D eigenvalue weighted by molar-refractivity contribution is 7.80. The van der Waals surface area contributed by atoms with Crippen molar-refractivity contribution in [2.75, 3.05) is 0 Å². The molecule has 0 bridgehead atoms. The maximum absolute atomic E-state index is 13.7. The van der Waals surface area contributed by atoms with Gasteiger partial charge >= 0.3 is 0 Å². The fraction of sp³-hybridized carbons (Fsp3) is 0.133. The Labute approximate surface area is 121 Å². The molecule has 0 aromatic heterocycles. The molecule has 0 aliphatic rings. The normalized spacial score (nSPS) is 10.3. The van der Waals surface area contributed by atoms with Gasteiger partial charge in [0.1, 0.15) is 29.0 Å². The van der Waals surface area contributed by atoms with Gasteiger partial charge in [0.2, 0.25) is 0 Å². The lowest BCUT2D eigenvalue weighted by atomic mass is 10.1. The van der Waals surface area contributed by atoms with Crippen molar-refractivity contribution in [3.05, 3.63) is 64.7 Å². The number of rotatable bonds is 4. The molecule has 2 rings (SSSR count). The van der Waals surface area contributed by atoms with Crippen LogP contribution in [0.15, 0.2) is 36.4 Å². The van der Waals surface area contributed by atoms with Crippen molar-refractivity contribution in [2.45, 2.75) is 13.5 Å². The molecule has 2 nitrogen and oxygen atoms in total. The molecule has 5 heteroatoms. The molecule has 2 aromatic rings. The third-order valence-corrected chi connectivity index (χ3v) is 3.09. The molecule has 20 heavy (non-hydrogen) atoms. The van der Waals surface area contributed by atoms with Crippen molar-refractivity contribution in [1.82, 2.24) is 0 Å². The van der Waals surface area contributed by atoms with E-state index in [9.17, 15) is 8.78 Å². The van der Waals surface area contributed by atoms with Gasteiger partial charge in [-0.15, -0.1) is 0 Å². The van der Waals surface area contributed by atoms with Gasteiger partial charge in [0.15, 0.2) is 0 Å². The van der Waals surface area contributed by atoms with Crippen molar-refractivity contribution in [2.24, 2.45) is 5.73 Å². The first-order chi connectivity index (χ1) is 9.47. The second-order valence-electron chi connectivity index (χ2n) is 4.37. The van der Waals surface area contributed by atoms with Crippen LogP contribution in [-0.2, 0) is 6.61 Å². The summed E-state index contributed by atoms with van der Waals surface area (Å²) in [5, 5.41) is 0. The molecule has 0 unspecified atom stereocenters. The number of thiocarbonyl (C=S) groups is 1. The first-order valence-corrected chi connectivity index (χ1v) is 6.35. The fourth-order valence-corrected chi connectivity index (χ4v) is 1.90. The number of hydrogen-bond acceptors (Lipinski definition) is 2. The van der Waals surface area contributed by atoms with Gasteiger partial charge < -0.3 is 10.5 Å². The van der Waals surface area contributed by atoms with Crippen LogP contribution in [0.4, 0.5) is 8.78 Å². The van der Waals surface area contributed by atoms with Crippen LogP contribution in [-0.4, -0.2) is 4.99 Å². The van der Waals surface area contributed by atoms with Crippen LogP contribution in [0.3, 0.4) is 0 Å². The average molecular weight is 293 g/mol. The molecule has 0 aliphatic carbocycles. The Hall–Kier alpha value is -2.01. The second-order valence-corrected chi connectivity index (χ2v) is 4.81. The highest BCUT2D eigenvalue weighted by atomic mass is 32.1. The number of ether oxygens (including phenoxy) is 1. The zero-order chi connectivity index (χ0) is 14.7. The standard InChI is InChI=1S/C15H13F2NOS/c1-9-6-12(16)3-5-14(9)19-8-11-7-10(15(18)20)2-4-13(11)17/h2-7H,8H2,1H3,(H2,18,20). The van der Waals surface area contributed by atoms with E-state index in [0.717, 1.165) is 0 Å². The van der Waals surface area contributed by atoms with Crippen LogP contribution in [0.5, 0.6) is 5.75 Å². The smallest absolute Gasteiger partial charge is 0.129 e. The van der Waals surface area contributed by atoms with Gasteiger partial charge in [0, 0.05) is 11.1 Å². The summed E-state index contributed by atoms with van der Waals surface area (Å²) in [4.78, 5) is 0.198. The first-order valence-electron chi connectivity index (χ1n) is 5.94. The molecule has 0 saturated heterocycles. The van der Waals surface area contributed by atoms with Gasteiger partial charge in [-0.25, -0.2) is 8.78 Å². The second kappa shape index (κ2) is 5.96. The monoisotopic (exact) mass is 293 g/mol. The predicted octanol–water partition coefficient (Wildman–Crippen LogP) is 3.49. The molecule has 0 amide bonds. The average Bonchev–Trinajstić information content (AvgIpc) is 2.39. The molecule has 2 aromatic carbocycles. The molecule has 0 radical (unpaired) electrons. The summed E-state index contributed by atoms with van der Waals surface area (Å²) in [6.07, 6.45) is 0. The van der Waals surface area contributed by atoms with Gasteiger partial charge in [0.05, 0.1) is 0 Å². The summed E-state index contributed by atoms with van der Waals surface area (Å²) in [5.74, 6) is -0.229. The lowest BCUT2D eigenvalue weighted by Crippen LogP contribution is -2.11. The Morgan fingerprint density at radius 2 is 1.95 bits per heavy atom. The fourth-order valence-electron chi connectivity index (χ4n) is 1.77. The molecule has 2 N–H and O–H groups in total. The van der Waals surface area contributed by atoms with Crippen LogP contribution >= 0.6 is 12.2 Å². The van der Waals surface area contributed by atoms with Crippen LogP contribution in [0.25, 0.3) is 0 Å². The molecule has 0 spiro atoms. The van der Waals surface area contributed by atoms with E-state index in [2.05, 4.69) is 0 Å². The predicted molar refractivity (Wildman–Crippen MR) is 77.8 cm³/mol. The van der Waals surface area contributed by atoms with Crippen molar-refractivity contribution in [3.63, 3.8) is 0 Å². The van der Waals surface area contributed by atoms with Crippen LogP contribution < -0.4 is 10.5 Å². The van der Waals surface area contributed by atoms with Crippen LogP contribution in [0.1, 0.15) is 16.7 Å². The minimum atomic E-state index is -0.398. The van der Waals surface area contributed by atoms with Crippen molar-refractivity contribution in [3.8, 4) is 5.75 Å². The quantitative estimate of drug-likeness (QED) is 0.877. The third-order valence-electron chi connectivity index (χ3n) is 2.85. The van der Waals surface area contributed by atoms with E-state index >= 15 is 0 Å². The molecular formula is C15H13F2NOS. The highest BCUT2D eigenvalue weighted by Crippen LogP contribution is 2.21. The van der Waals surface area contributed by atoms with E-state index < -0.39 is 5.82 Å². The molecule has 0 saturated carbocycles. The molecule has 0 atom stereocenters. The van der Waals surface area contributed by atoms with Gasteiger partial charge in [-0.2, -0.15) is 0 Å². The van der Waals surface area contributed by atoms with E-state index in [1.165, 1.54) is 30.3 Å². The molecule has 0 fully saturated rings. The molecule has 0 aliphatic heterocycles. The number of benzene rings is 2. The minimum absolute atomic E-state index is 0.0226. The summed E-state index contributed by atoms with van der Waals surface area (Å²) in [6.45, 7) is 1.75. The zero-order valence-electron chi connectivity index (χ0n) is 10.8. The summed E-state index contributed by atoms with van der Waals surface area (Å²) in [6, 6.07) is 8.53. The van der Waals surface area contributed by atoms with Crippen molar-refractivity contribution in [1.29, 1.82) is 0 Å². The van der Waals surface area contributed by atoms with E-state index in [0.29, 0.717) is 22.4 Å². The molecule has 104 valence electrons. The number of halogens is 2. The van der Waals surface area contributed by atoms with Gasteiger partial charge in [-0.3, -0.25) is 0 Å².